The molecule has 3 aromatic heterocycles. The predicted octanol–water partition coefficient (Wildman–Crippen LogP) is 18.7. The van der Waals surface area contributed by atoms with E-state index in [2.05, 4.69) is 289 Å². The normalized spacial score (nSPS) is 11.7. The van der Waals surface area contributed by atoms with E-state index in [1.54, 1.807) is 0 Å². The molecule has 14 rings (SSSR count). The van der Waals surface area contributed by atoms with Gasteiger partial charge in [0.05, 0.1) is 33.8 Å². The molecule has 0 aliphatic carbocycles. The molecule has 5 heteroatoms. The SMILES string of the molecule is [Pd].c1ccc(C2=C(c3ccccc3)c3nc2c(-c2ccccc2)c2[nH]c(cc4nc(cc5[nH]c(c3-c3ccccc3)c(-c3ccccc3)c5-c3ccccc3)-c3ccccc3-4)c(-c3ccccc3)c2-c2ccccc2)cc1. The van der Waals surface area contributed by atoms with Crippen molar-refractivity contribution in [2.45, 2.75) is 0 Å². The second-order valence-electron chi connectivity index (χ2n) is 19.3. The summed E-state index contributed by atoms with van der Waals surface area (Å²) in [6.07, 6.45) is 0. The van der Waals surface area contributed by atoms with Gasteiger partial charge >= 0.3 is 0 Å². The molecule has 4 nitrogen and oxygen atoms in total. The Morgan fingerprint density at radius 1 is 0.234 bits per heavy atom. The average molecular weight is 1080 g/mol. The van der Waals surface area contributed by atoms with Gasteiger partial charge in [0.15, 0.2) is 0 Å². The summed E-state index contributed by atoms with van der Waals surface area (Å²) in [6.45, 7) is 0. The van der Waals surface area contributed by atoms with Crippen molar-refractivity contribution >= 4 is 33.2 Å². The van der Waals surface area contributed by atoms with E-state index < -0.39 is 0 Å². The van der Waals surface area contributed by atoms with Gasteiger partial charge in [0.1, 0.15) is 0 Å². The summed E-state index contributed by atoms with van der Waals surface area (Å²) in [5, 5.41) is 0. The monoisotopic (exact) mass is 1070 g/mol. The number of hydrogen-bond acceptors (Lipinski definition) is 2. The topological polar surface area (TPSA) is 57.4 Å². The fraction of sp³-hybridized carbons (Fsp3) is 0. The summed E-state index contributed by atoms with van der Waals surface area (Å²) in [7, 11) is 0. The molecule has 2 aliphatic heterocycles. The molecule has 0 saturated heterocycles. The third-order valence-electron chi connectivity index (χ3n) is 14.8. The zero-order valence-corrected chi connectivity index (χ0v) is 43.3. The maximum atomic E-state index is 6.26. The molecule has 77 heavy (non-hydrogen) atoms. The zero-order chi connectivity index (χ0) is 50.4. The Balaban J connectivity index is 0.00000566. The maximum absolute atomic E-state index is 6.26. The molecule has 0 fully saturated rings. The molecule has 0 atom stereocenters. The number of hydrogen-bond donors (Lipinski definition) is 2. The van der Waals surface area contributed by atoms with E-state index in [9.17, 15) is 0 Å². The van der Waals surface area contributed by atoms with Gasteiger partial charge in [-0.1, -0.05) is 267 Å². The maximum Gasteiger partial charge on any atom is 0.0822 e. The minimum absolute atomic E-state index is 0. The van der Waals surface area contributed by atoms with E-state index in [1.807, 2.05) is 0 Å². The molecule has 2 aliphatic rings. The van der Waals surface area contributed by atoms with Crippen molar-refractivity contribution in [3.05, 3.63) is 302 Å². The van der Waals surface area contributed by atoms with Crippen LogP contribution in [0, 0.1) is 0 Å². The van der Waals surface area contributed by atoms with Crippen LogP contribution in [0.4, 0.5) is 0 Å². The molecular weight excluding hydrogens is 1030 g/mol. The number of nitrogens with zero attached hydrogens (tertiary/aromatic N) is 2. The van der Waals surface area contributed by atoms with Crippen molar-refractivity contribution in [1.29, 1.82) is 0 Å². The summed E-state index contributed by atoms with van der Waals surface area (Å²) in [6, 6.07) is 99.8. The fourth-order valence-electron chi connectivity index (χ4n) is 11.5. The molecular formula is C72H48N4Pd. The van der Waals surface area contributed by atoms with Crippen LogP contribution in [-0.2, 0) is 20.4 Å². The number of benzene rings is 9. The van der Waals surface area contributed by atoms with Crippen LogP contribution in [0.25, 0.3) is 122 Å². The van der Waals surface area contributed by atoms with Gasteiger partial charge in [-0.15, -0.1) is 0 Å². The van der Waals surface area contributed by atoms with Crippen LogP contribution in [0.2, 0.25) is 0 Å². The van der Waals surface area contributed by atoms with Crippen molar-refractivity contribution in [3.8, 4) is 89.3 Å². The van der Waals surface area contributed by atoms with E-state index in [0.29, 0.717) is 0 Å². The molecule has 0 spiro atoms. The second kappa shape index (κ2) is 20.3. The van der Waals surface area contributed by atoms with Crippen LogP contribution in [0.5, 0.6) is 0 Å². The Bertz CT molecular complexity index is 4050. The molecule has 0 amide bonds. The number of nitrogens with one attached hydrogen (secondary N) is 2. The molecule has 366 valence electrons. The van der Waals surface area contributed by atoms with Gasteiger partial charge in [0.2, 0.25) is 0 Å². The molecule has 12 aromatic rings. The molecule has 0 unspecified atom stereocenters. The first-order valence-corrected chi connectivity index (χ1v) is 25.9. The first kappa shape index (κ1) is 47.2. The van der Waals surface area contributed by atoms with E-state index in [-0.39, 0.29) is 20.4 Å². The summed E-state index contributed by atoms with van der Waals surface area (Å²) >= 11 is 0. The largest absolute Gasteiger partial charge is 0.354 e. The standard InChI is InChI=1S/C72H48N4.Pd/c1-9-27-47(28-10-1)61-59-45-57-55-43-25-26-44-56(55)58(73-57)46-60-62(48-29-11-2-12-30-48)64(50-33-15-4-16-34-50)70(75-60)68(54-41-23-8-24-42-54)72-66(52-37-19-6-20-38-52)65(51-35-17-5-18-36-51)71(76-72)67(53-39-21-7-22-40-53)69(74-59)63(61)49-31-13-3-14-32-49;/h1-46,74-75H;. The minimum Gasteiger partial charge on any atom is -0.354 e. The van der Waals surface area contributed by atoms with E-state index in [4.69, 9.17) is 9.97 Å². The Morgan fingerprint density at radius 2 is 0.481 bits per heavy atom. The number of fused-ring (bicyclic) bond motifs is 11. The van der Waals surface area contributed by atoms with Gasteiger partial charge in [0, 0.05) is 87.1 Å². The van der Waals surface area contributed by atoms with Gasteiger partial charge in [0.25, 0.3) is 0 Å². The third-order valence-corrected chi connectivity index (χ3v) is 14.8. The van der Waals surface area contributed by atoms with Crippen LogP contribution in [-0.4, -0.2) is 19.9 Å². The molecule has 8 bridgehead atoms. The van der Waals surface area contributed by atoms with Gasteiger partial charge in [-0.2, -0.15) is 0 Å². The quantitative estimate of drug-likeness (QED) is 0.149. The van der Waals surface area contributed by atoms with E-state index in [0.717, 1.165) is 145 Å². The van der Waals surface area contributed by atoms with Crippen molar-refractivity contribution in [3.63, 3.8) is 0 Å². The van der Waals surface area contributed by atoms with E-state index in [1.165, 1.54) is 0 Å². The Labute approximate surface area is 461 Å². The fourth-order valence-corrected chi connectivity index (χ4v) is 11.5. The molecule has 0 radical (unpaired) electrons. The van der Waals surface area contributed by atoms with Gasteiger partial charge in [-0.3, -0.25) is 0 Å². The van der Waals surface area contributed by atoms with Crippen LogP contribution >= 0.6 is 0 Å². The predicted molar refractivity (Wildman–Crippen MR) is 316 cm³/mol. The van der Waals surface area contributed by atoms with Crippen LogP contribution in [0.1, 0.15) is 22.5 Å². The van der Waals surface area contributed by atoms with Crippen molar-refractivity contribution in [2.75, 3.05) is 0 Å². The van der Waals surface area contributed by atoms with Crippen molar-refractivity contribution in [2.24, 2.45) is 0 Å². The summed E-state index contributed by atoms with van der Waals surface area (Å²) in [5.41, 5.74) is 26.3. The van der Waals surface area contributed by atoms with Gasteiger partial charge < -0.3 is 9.97 Å². The first-order valence-electron chi connectivity index (χ1n) is 25.9. The first-order chi connectivity index (χ1) is 37.7. The number of rotatable bonds is 8. The summed E-state index contributed by atoms with van der Waals surface area (Å²) in [5.74, 6) is 0. The Kier molecular flexibility index (Phi) is 12.5. The number of aromatic amines is 2. The number of aromatic nitrogens is 4. The van der Waals surface area contributed by atoms with E-state index >= 15 is 0 Å². The van der Waals surface area contributed by atoms with Crippen LogP contribution in [0.15, 0.2) is 279 Å². The van der Waals surface area contributed by atoms with Crippen molar-refractivity contribution < 1.29 is 20.4 Å². The molecule has 2 N–H and O–H groups in total. The molecule has 9 aromatic carbocycles. The Hall–Kier alpha value is -9.50. The van der Waals surface area contributed by atoms with Gasteiger partial charge in [-0.25, -0.2) is 9.97 Å². The molecule has 5 heterocycles. The van der Waals surface area contributed by atoms with Crippen LogP contribution in [0.3, 0.4) is 0 Å². The number of H-pyrrole nitrogens is 2. The zero-order valence-electron chi connectivity index (χ0n) is 41.8. The average Bonchev–Trinajstić information content (AvgIpc) is 4.46. The third kappa shape index (κ3) is 8.40. The summed E-state index contributed by atoms with van der Waals surface area (Å²) < 4.78 is 0. The second-order valence-corrected chi connectivity index (χ2v) is 19.3. The Morgan fingerprint density at radius 3 is 0.779 bits per heavy atom. The van der Waals surface area contributed by atoms with Crippen molar-refractivity contribution in [1.82, 2.24) is 19.9 Å². The smallest absolute Gasteiger partial charge is 0.0822 e. The van der Waals surface area contributed by atoms with Crippen LogP contribution < -0.4 is 0 Å². The summed E-state index contributed by atoms with van der Waals surface area (Å²) in [4.78, 5) is 20.3. The molecule has 0 saturated carbocycles. The minimum atomic E-state index is 0. The van der Waals surface area contributed by atoms with Gasteiger partial charge in [-0.05, 0) is 56.6 Å².